The minimum atomic E-state index is 0. The summed E-state index contributed by atoms with van der Waals surface area (Å²) in [6.45, 7) is 2.59. The highest BCUT2D eigenvalue weighted by Crippen LogP contribution is 2.11. The van der Waals surface area contributed by atoms with E-state index in [0.29, 0.717) is 0 Å². The fraction of sp³-hybridized carbons (Fsp3) is 0.500. The first-order valence-corrected chi connectivity index (χ1v) is 7.28. The monoisotopic (exact) mass is 346 g/mol. The Hall–Kier alpha value is -0.580. The predicted molar refractivity (Wildman–Crippen MR) is 83.7 cm³/mol. The van der Waals surface area contributed by atoms with Crippen molar-refractivity contribution in [3.63, 3.8) is 0 Å². The van der Waals surface area contributed by atoms with Crippen LogP contribution in [0, 0.1) is 5.92 Å². The minimum Gasteiger partial charge on any atom is -0.355 e. The Morgan fingerprint density at radius 1 is 1.37 bits per heavy atom. The van der Waals surface area contributed by atoms with Crippen molar-refractivity contribution in [1.82, 2.24) is 10.6 Å². The van der Waals surface area contributed by atoms with Crippen LogP contribution in [0.25, 0.3) is 0 Å². The number of piperidine rings is 1. The molecule has 0 aliphatic carbocycles. The Balaban J connectivity index is 0.00000180. The van der Waals surface area contributed by atoms with Crippen LogP contribution in [0.5, 0.6) is 0 Å². The molecule has 1 heterocycles. The van der Waals surface area contributed by atoms with E-state index in [2.05, 4.69) is 38.7 Å². The maximum atomic E-state index is 11.9. The third-order valence-electron chi connectivity index (χ3n) is 3.29. The second kappa shape index (κ2) is 8.56. The van der Waals surface area contributed by atoms with Gasteiger partial charge in [0.25, 0.3) is 0 Å². The van der Waals surface area contributed by atoms with E-state index in [1.54, 1.807) is 0 Å². The second-order valence-electron chi connectivity index (χ2n) is 4.71. The second-order valence-corrected chi connectivity index (χ2v) is 5.63. The highest BCUT2D eigenvalue weighted by atomic mass is 79.9. The van der Waals surface area contributed by atoms with Crippen LogP contribution in [-0.2, 0) is 11.2 Å². The van der Waals surface area contributed by atoms with Crippen LogP contribution in [-0.4, -0.2) is 25.5 Å². The number of halogens is 2. The average molecular weight is 348 g/mol. The van der Waals surface area contributed by atoms with Gasteiger partial charge in [-0.15, -0.1) is 12.4 Å². The standard InChI is InChI=1S/C14H19BrN2O.ClH/c15-13-5-3-11(4-6-13)7-9-17-14(18)12-2-1-8-16-10-12;/h3-6,12,16H,1-2,7-10H2,(H,17,18);1H. The molecule has 2 N–H and O–H groups in total. The van der Waals surface area contributed by atoms with Crippen molar-refractivity contribution in [3.05, 3.63) is 34.3 Å². The molecule has 3 nitrogen and oxygen atoms in total. The molecule has 5 heteroatoms. The summed E-state index contributed by atoms with van der Waals surface area (Å²) in [4.78, 5) is 11.9. The summed E-state index contributed by atoms with van der Waals surface area (Å²) in [6.07, 6.45) is 3.00. The Morgan fingerprint density at radius 2 is 2.11 bits per heavy atom. The van der Waals surface area contributed by atoms with E-state index in [0.717, 1.165) is 43.4 Å². The molecule has 0 aromatic heterocycles. The van der Waals surface area contributed by atoms with Gasteiger partial charge in [0.05, 0.1) is 5.92 Å². The van der Waals surface area contributed by atoms with Crippen LogP contribution < -0.4 is 10.6 Å². The molecule has 1 atom stereocenters. The molecular weight excluding hydrogens is 328 g/mol. The maximum absolute atomic E-state index is 11.9. The molecule has 0 saturated carbocycles. The van der Waals surface area contributed by atoms with Gasteiger partial charge in [-0.05, 0) is 43.5 Å². The van der Waals surface area contributed by atoms with Gasteiger partial charge in [-0.2, -0.15) is 0 Å². The topological polar surface area (TPSA) is 41.1 Å². The molecule has 1 aliphatic rings. The molecule has 1 aromatic carbocycles. The first-order chi connectivity index (χ1) is 8.75. The molecule has 1 fully saturated rings. The molecule has 1 amide bonds. The molecule has 1 unspecified atom stereocenters. The largest absolute Gasteiger partial charge is 0.355 e. The number of benzene rings is 1. The average Bonchev–Trinajstić information content (AvgIpc) is 2.42. The number of nitrogens with one attached hydrogen (secondary N) is 2. The predicted octanol–water partition coefficient (Wildman–Crippen LogP) is 2.53. The molecule has 1 aliphatic heterocycles. The lowest BCUT2D eigenvalue weighted by atomic mass is 9.99. The summed E-state index contributed by atoms with van der Waals surface area (Å²) < 4.78 is 1.09. The lowest BCUT2D eigenvalue weighted by molar-refractivity contribution is -0.125. The summed E-state index contributed by atoms with van der Waals surface area (Å²) >= 11 is 3.41. The zero-order valence-electron chi connectivity index (χ0n) is 10.8. The number of amides is 1. The van der Waals surface area contributed by atoms with Gasteiger partial charge >= 0.3 is 0 Å². The first kappa shape index (κ1) is 16.5. The first-order valence-electron chi connectivity index (χ1n) is 6.48. The van der Waals surface area contributed by atoms with E-state index in [9.17, 15) is 4.79 Å². The number of carbonyl (C=O) groups is 1. The van der Waals surface area contributed by atoms with Crippen LogP contribution in [0.2, 0.25) is 0 Å². The fourth-order valence-corrected chi connectivity index (χ4v) is 2.47. The van der Waals surface area contributed by atoms with Gasteiger partial charge in [-0.3, -0.25) is 4.79 Å². The number of hydrogen-bond acceptors (Lipinski definition) is 2. The van der Waals surface area contributed by atoms with Crippen molar-refractivity contribution in [2.24, 2.45) is 5.92 Å². The smallest absolute Gasteiger partial charge is 0.224 e. The van der Waals surface area contributed by atoms with Crippen LogP contribution in [0.1, 0.15) is 18.4 Å². The van der Waals surface area contributed by atoms with Gasteiger partial charge in [0.2, 0.25) is 5.91 Å². The van der Waals surface area contributed by atoms with Crippen molar-refractivity contribution in [2.75, 3.05) is 19.6 Å². The summed E-state index contributed by atoms with van der Waals surface area (Å²) in [6, 6.07) is 8.22. The Morgan fingerprint density at radius 3 is 2.74 bits per heavy atom. The van der Waals surface area contributed by atoms with Crippen molar-refractivity contribution in [1.29, 1.82) is 0 Å². The van der Waals surface area contributed by atoms with Crippen molar-refractivity contribution < 1.29 is 4.79 Å². The number of hydrogen-bond donors (Lipinski definition) is 2. The lowest BCUT2D eigenvalue weighted by Crippen LogP contribution is -2.41. The lowest BCUT2D eigenvalue weighted by Gasteiger charge is -2.21. The van der Waals surface area contributed by atoms with Gasteiger partial charge in [0.1, 0.15) is 0 Å². The highest BCUT2D eigenvalue weighted by Gasteiger charge is 2.19. The molecule has 106 valence electrons. The Bertz CT molecular complexity index is 391. The summed E-state index contributed by atoms with van der Waals surface area (Å²) in [5, 5.41) is 6.29. The van der Waals surface area contributed by atoms with E-state index in [4.69, 9.17) is 0 Å². The normalized spacial score (nSPS) is 18.5. The number of rotatable bonds is 4. The number of carbonyl (C=O) groups excluding carboxylic acids is 1. The molecule has 0 bridgehead atoms. The van der Waals surface area contributed by atoms with E-state index in [1.807, 2.05) is 12.1 Å². The van der Waals surface area contributed by atoms with Crippen molar-refractivity contribution >= 4 is 34.2 Å². The maximum Gasteiger partial charge on any atom is 0.224 e. The Labute approximate surface area is 129 Å². The molecule has 2 rings (SSSR count). The molecule has 0 radical (unpaired) electrons. The van der Waals surface area contributed by atoms with E-state index < -0.39 is 0 Å². The van der Waals surface area contributed by atoms with Gasteiger partial charge < -0.3 is 10.6 Å². The SMILES string of the molecule is Cl.O=C(NCCc1ccc(Br)cc1)C1CCCNC1. The third kappa shape index (κ3) is 5.51. The summed E-state index contributed by atoms with van der Waals surface area (Å²) in [7, 11) is 0. The van der Waals surface area contributed by atoms with Gasteiger partial charge in [0, 0.05) is 17.6 Å². The van der Waals surface area contributed by atoms with Gasteiger partial charge in [-0.25, -0.2) is 0 Å². The zero-order chi connectivity index (χ0) is 12.8. The molecule has 0 spiro atoms. The van der Waals surface area contributed by atoms with Crippen LogP contribution in [0.3, 0.4) is 0 Å². The molecule has 1 aromatic rings. The minimum absolute atomic E-state index is 0. The molecule has 1 saturated heterocycles. The van der Waals surface area contributed by atoms with E-state index in [-0.39, 0.29) is 24.2 Å². The summed E-state index contributed by atoms with van der Waals surface area (Å²) in [5.41, 5.74) is 1.25. The van der Waals surface area contributed by atoms with Crippen LogP contribution in [0.4, 0.5) is 0 Å². The van der Waals surface area contributed by atoms with Crippen LogP contribution in [0.15, 0.2) is 28.7 Å². The highest BCUT2D eigenvalue weighted by molar-refractivity contribution is 9.10. The fourth-order valence-electron chi connectivity index (χ4n) is 2.20. The zero-order valence-corrected chi connectivity index (χ0v) is 13.2. The Kier molecular flexibility index (Phi) is 7.42. The van der Waals surface area contributed by atoms with E-state index in [1.165, 1.54) is 5.56 Å². The van der Waals surface area contributed by atoms with Crippen molar-refractivity contribution in [2.45, 2.75) is 19.3 Å². The summed E-state index contributed by atoms with van der Waals surface area (Å²) in [5.74, 6) is 0.350. The van der Waals surface area contributed by atoms with E-state index >= 15 is 0 Å². The van der Waals surface area contributed by atoms with Gasteiger partial charge in [0.15, 0.2) is 0 Å². The quantitative estimate of drug-likeness (QED) is 0.879. The molecular formula is C14H20BrClN2O. The third-order valence-corrected chi connectivity index (χ3v) is 3.82. The van der Waals surface area contributed by atoms with Crippen molar-refractivity contribution in [3.8, 4) is 0 Å². The van der Waals surface area contributed by atoms with Gasteiger partial charge in [-0.1, -0.05) is 28.1 Å². The molecule has 19 heavy (non-hydrogen) atoms. The van der Waals surface area contributed by atoms with Crippen LogP contribution >= 0.6 is 28.3 Å².